The van der Waals surface area contributed by atoms with Crippen molar-refractivity contribution < 1.29 is 14.6 Å². The molecule has 0 saturated carbocycles. The van der Waals surface area contributed by atoms with E-state index in [1.165, 1.54) is 0 Å². The Balaban J connectivity index is 1.99. The van der Waals surface area contributed by atoms with E-state index in [1.54, 1.807) is 0 Å². The van der Waals surface area contributed by atoms with Crippen LogP contribution >= 0.6 is 0 Å². The fourth-order valence-corrected chi connectivity index (χ4v) is 4.73. The molecule has 2 aliphatic rings. The largest absolute Gasteiger partial charge is 0.485 e. The lowest BCUT2D eigenvalue weighted by molar-refractivity contribution is -0.0981. The number of anilines is 1. The lowest BCUT2D eigenvalue weighted by Gasteiger charge is -2.35. The molecule has 0 fully saturated rings. The van der Waals surface area contributed by atoms with E-state index in [4.69, 9.17) is 14.5 Å². The van der Waals surface area contributed by atoms with Crippen LogP contribution in [-0.2, 0) is 4.74 Å². The highest BCUT2D eigenvalue weighted by Gasteiger charge is 2.34. The van der Waals surface area contributed by atoms with Crippen molar-refractivity contribution in [1.82, 2.24) is 0 Å². The van der Waals surface area contributed by atoms with Crippen molar-refractivity contribution in [2.75, 3.05) is 25.0 Å². The van der Waals surface area contributed by atoms with E-state index in [0.717, 1.165) is 75.6 Å². The number of allylic oxidation sites excluding steroid dienone is 1. The predicted molar refractivity (Wildman–Crippen MR) is 135 cm³/mol. The molecule has 1 heterocycles. The van der Waals surface area contributed by atoms with Gasteiger partial charge in [0.15, 0.2) is 6.29 Å². The van der Waals surface area contributed by atoms with Gasteiger partial charge in [-0.3, -0.25) is 4.99 Å². The molecule has 2 aromatic carbocycles. The zero-order valence-corrected chi connectivity index (χ0v) is 20.2. The third kappa shape index (κ3) is 4.48. The number of hydrogen-bond acceptors (Lipinski definition) is 5. The molecule has 0 spiro atoms. The van der Waals surface area contributed by atoms with Crippen LogP contribution in [0.25, 0.3) is 5.57 Å². The van der Waals surface area contributed by atoms with Crippen molar-refractivity contribution in [1.29, 1.82) is 0 Å². The normalized spacial score (nSPS) is 19.5. The summed E-state index contributed by atoms with van der Waals surface area (Å²) in [6.45, 7) is 12.3. The number of aliphatic imine (C=N–C) groups is 1. The first-order chi connectivity index (χ1) is 16.0. The Morgan fingerprint density at radius 2 is 1.94 bits per heavy atom. The van der Waals surface area contributed by atoms with Crippen LogP contribution in [0.2, 0.25) is 0 Å². The molecule has 33 heavy (non-hydrogen) atoms. The highest BCUT2D eigenvalue weighted by molar-refractivity contribution is 6.04. The molecule has 0 aromatic heterocycles. The Kier molecular flexibility index (Phi) is 7.01. The van der Waals surface area contributed by atoms with E-state index in [0.29, 0.717) is 6.61 Å². The van der Waals surface area contributed by atoms with Gasteiger partial charge in [-0.15, -0.1) is 0 Å². The van der Waals surface area contributed by atoms with Gasteiger partial charge < -0.3 is 19.9 Å². The van der Waals surface area contributed by atoms with Crippen LogP contribution < -0.4 is 10.1 Å². The second kappa shape index (κ2) is 9.94. The molecule has 2 aromatic rings. The van der Waals surface area contributed by atoms with Crippen molar-refractivity contribution >= 4 is 17.0 Å². The Labute approximate surface area is 196 Å². The predicted octanol–water partition coefficient (Wildman–Crippen LogP) is 5.83. The van der Waals surface area contributed by atoms with E-state index in [-0.39, 0.29) is 6.10 Å². The first-order valence-electron chi connectivity index (χ1n) is 11.9. The Morgan fingerprint density at radius 3 is 2.67 bits per heavy atom. The number of rotatable bonds is 7. The number of benzene rings is 2. The number of aliphatic hydroxyl groups is 1. The van der Waals surface area contributed by atoms with Gasteiger partial charge in [-0.05, 0) is 69.0 Å². The van der Waals surface area contributed by atoms with Gasteiger partial charge in [0.1, 0.15) is 11.9 Å². The van der Waals surface area contributed by atoms with Gasteiger partial charge in [0.05, 0.1) is 0 Å². The van der Waals surface area contributed by atoms with E-state index in [1.807, 2.05) is 25.1 Å². The maximum absolute atomic E-state index is 10.8. The summed E-state index contributed by atoms with van der Waals surface area (Å²) >= 11 is 0. The van der Waals surface area contributed by atoms with Crippen LogP contribution in [0.3, 0.4) is 0 Å². The van der Waals surface area contributed by atoms with Crippen molar-refractivity contribution in [3.05, 3.63) is 75.9 Å². The number of nitrogens with zero attached hydrogens (tertiary/aromatic N) is 1. The number of aliphatic hydroxyl groups excluding tert-OH is 1. The number of hydrogen-bond donors (Lipinski definition) is 2. The van der Waals surface area contributed by atoms with Gasteiger partial charge >= 0.3 is 0 Å². The summed E-state index contributed by atoms with van der Waals surface area (Å²) in [7, 11) is 0. The third-order valence-corrected chi connectivity index (χ3v) is 6.24. The molecule has 1 aliphatic heterocycles. The second-order valence-corrected chi connectivity index (χ2v) is 8.48. The first-order valence-corrected chi connectivity index (χ1v) is 11.9. The second-order valence-electron chi connectivity index (χ2n) is 8.48. The zero-order valence-electron chi connectivity index (χ0n) is 20.2. The van der Waals surface area contributed by atoms with E-state index >= 15 is 0 Å². The molecule has 1 aliphatic carbocycles. The topological polar surface area (TPSA) is 63.1 Å². The molecule has 0 radical (unpaired) electrons. The molecule has 2 atom stereocenters. The highest BCUT2D eigenvalue weighted by atomic mass is 16.6. The molecule has 5 heteroatoms. The minimum absolute atomic E-state index is 0.129. The van der Waals surface area contributed by atoms with Gasteiger partial charge in [0, 0.05) is 60.3 Å². The van der Waals surface area contributed by atoms with Crippen molar-refractivity contribution in [3.63, 3.8) is 0 Å². The molecule has 0 amide bonds. The zero-order chi connectivity index (χ0) is 23.5. The molecule has 0 bridgehead atoms. The van der Waals surface area contributed by atoms with Gasteiger partial charge in [-0.2, -0.15) is 0 Å². The summed E-state index contributed by atoms with van der Waals surface area (Å²) in [5.74, 6) is 0.852. The fourth-order valence-electron chi connectivity index (χ4n) is 4.73. The molecular formula is C28H34N2O3. The fraction of sp³-hybridized carbons (Fsp3) is 0.393. The van der Waals surface area contributed by atoms with Crippen molar-refractivity contribution in [2.24, 2.45) is 4.99 Å². The third-order valence-electron chi connectivity index (χ3n) is 6.24. The lowest BCUT2D eigenvalue weighted by Crippen LogP contribution is -2.31. The van der Waals surface area contributed by atoms with Gasteiger partial charge in [0.2, 0.25) is 0 Å². The van der Waals surface area contributed by atoms with E-state index in [2.05, 4.69) is 57.3 Å². The van der Waals surface area contributed by atoms with Crippen LogP contribution in [0.15, 0.2) is 58.6 Å². The maximum atomic E-state index is 10.8. The SMILES string of the molecule is CCN=C1CC2Oc3cc(NCC)c(C)cc3C(c3ccccc3C(O)OCC)=C2C=C1C. The summed E-state index contributed by atoms with van der Waals surface area (Å²) in [4.78, 5) is 4.71. The molecular weight excluding hydrogens is 412 g/mol. The van der Waals surface area contributed by atoms with Crippen LogP contribution in [0.4, 0.5) is 5.69 Å². The standard InChI is InChI=1S/C28H34N2O3/c1-6-29-23-15-25-21(13-17(23)4)27(19-11-9-10-12-20(19)28(31)32-8-3)22-14-18(5)24(30-7-2)16-26(22)33-25/h9-15,26,28-29,31H,6-8,16H2,1-5H3. The minimum atomic E-state index is -0.989. The number of ether oxygens (including phenoxy) is 2. The summed E-state index contributed by atoms with van der Waals surface area (Å²) in [5.41, 5.74) is 9.48. The average molecular weight is 447 g/mol. The summed E-state index contributed by atoms with van der Waals surface area (Å²) in [5, 5.41) is 14.2. The maximum Gasteiger partial charge on any atom is 0.181 e. The van der Waals surface area contributed by atoms with Crippen molar-refractivity contribution in [2.45, 2.75) is 53.4 Å². The molecule has 5 nitrogen and oxygen atoms in total. The molecule has 2 unspecified atom stereocenters. The Morgan fingerprint density at radius 1 is 1.15 bits per heavy atom. The van der Waals surface area contributed by atoms with Crippen LogP contribution in [0.1, 0.15) is 62.7 Å². The van der Waals surface area contributed by atoms with Gasteiger partial charge in [-0.1, -0.05) is 24.3 Å². The number of aryl methyl sites for hydroxylation is 1. The number of fused-ring (bicyclic) bond motifs is 2. The minimum Gasteiger partial charge on any atom is -0.485 e. The van der Waals surface area contributed by atoms with Gasteiger partial charge in [-0.25, -0.2) is 0 Å². The van der Waals surface area contributed by atoms with Crippen LogP contribution in [0.5, 0.6) is 5.75 Å². The quantitative estimate of drug-likeness (QED) is 0.526. The Bertz CT molecular complexity index is 1130. The Hall–Kier alpha value is -2.89. The van der Waals surface area contributed by atoms with Crippen LogP contribution in [-0.4, -0.2) is 36.6 Å². The molecule has 4 rings (SSSR count). The lowest BCUT2D eigenvalue weighted by atomic mass is 9.80. The molecule has 0 saturated heterocycles. The van der Waals surface area contributed by atoms with Gasteiger partial charge in [0.25, 0.3) is 0 Å². The van der Waals surface area contributed by atoms with E-state index < -0.39 is 6.29 Å². The number of nitrogens with one attached hydrogen (secondary N) is 1. The monoisotopic (exact) mass is 446 g/mol. The summed E-state index contributed by atoms with van der Waals surface area (Å²) < 4.78 is 12.2. The summed E-state index contributed by atoms with van der Waals surface area (Å²) in [6, 6.07) is 12.3. The average Bonchev–Trinajstić information content (AvgIpc) is 2.80. The van der Waals surface area contributed by atoms with Crippen molar-refractivity contribution in [3.8, 4) is 5.75 Å². The summed E-state index contributed by atoms with van der Waals surface area (Å²) in [6.07, 6.45) is 1.82. The first kappa shape index (κ1) is 23.3. The highest BCUT2D eigenvalue weighted by Crippen LogP contribution is 2.46. The van der Waals surface area contributed by atoms with Crippen LogP contribution in [0, 0.1) is 6.92 Å². The molecule has 2 N–H and O–H groups in total. The smallest absolute Gasteiger partial charge is 0.181 e. The van der Waals surface area contributed by atoms with E-state index in [9.17, 15) is 5.11 Å². The molecule has 174 valence electrons.